The smallest absolute Gasteiger partial charge is 0.0146 e. The van der Waals surface area contributed by atoms with Crippen LogP contribution in [-0.4, -0.2) is 0 Å². The standard InChI is InChI=1S/C15H18.2C2H6/c1-5-10-13(6-2)15(3,4)14-11-8-7-9-12-14;2*1-2/h5-12H,1-2H2,3-4H3;2*1-2H3/b13-10+;;. The average Bonchev–Trinajstić information content (AvgIpc) is 2.49. The second-order valence-electron chi connectivity index (χ2n) is 4.05. The van der Waals surface area contributed by atoms with E-state index in [4.69, 9.17) is 0 Å². The second kappa shape index (κ2) is 11.5. The van der Waals surface area contributed by atoms with Crippen LogP contribution in [0.2, 0.25) is 0 Å². The van der Waals surface area contributed by atoms with Crippen LogP contribution in [0.25, 0.3) is 0 Å². The molecule has 0 aliphatic heterocycles. The highest BCUT2D eigenvalue weighted by atomic mass is 14.3. The van der Waals surface area contributed by atoms with Gasteiger partial charge in [-0.2, -0.15) is 0 Å². The largest absolute Gasteiger partial charge is 0.0991 e. The van der Waals surface area contributed by atoms with Crippen LogP contribution in [-0.2, 0) is 5.41 Å². The highest BCUT2D eigenvalue weighted by molar-refractivity contribution is 5.40. The first kappa shape index (κ1) is 19.8. The van der Waals surface area contributed by atoms with E-state index in [0.717, 1.165) is 0 Å². The summed E-state index contributed by atoms with van der Waals surface area (Å²) < 4.78 is 0. The molecule has 0 bridgehead atoms. The van der Waals surface area contributed by atoms with E-state index in [0.29, 0.717) is 0 Å². The summed E-state index contributed by atoms with van der Waals surface area (Å²) in [5, 5.41) is 0. The Morgan fingerprint density at radius 2 is 1.42 bits per heavy atom. The lowest BCUT2D eigenvalue weighted by atomic mass is 9.77. The van der Waals surface area contributed by atoms with Crippen molar-refractivity contribution in [2.75, 3.05) is 0 Å². The van der Waals surface area contributed by atoms with Crippen LogP contribution in [0.3, 0.4) is 0 Å². The molecule has 0 saturated carbocycles. The van der Waals surface area contributed by atoms with Gasteiger partial charge in [-0.25, -0.2) is 0 Å². The number of benzene rings is 1. The molecule has 0 radical (unpaired) electrons. The van der Waals surface area contributed by atoms with Crippen molar-refractivity contribution in [3.05, 3.63) is 72.9 Å². The van der Waals surface area contributed by atoms with Crippen LogP contribution in [0, 0.1) is 0 Å². The molecule has 0 fully saturated rings. The summed E-state index contributed by atoms with van der Waals surface area (Å²) in [5.74, 6) is 0. The molecule has 0 atom stereocenters. The third kappa shape index (κ3) is 6.24. The Hall–Kier alpha value is -1.56. The monoisotopic (exact) mass is 258 g/mol. The molecule has 1 aromatic rings. The van der Waals surface area contributed by atoms with Gasteiger partial charge in [-0.1, -0.05) is 103 Å². The van der Waals surface area contributed by atoms with Crippen LogP contribution in [0.15, 0.2) is 67.3 Å². The maximum Gasteiger partial charge on any atom is 0.0146 e. The van der Waals surface area contributed by atoms with Gasteiger partial charge in [0, 0.05) is 5.41 Å². The molecule has 1 rings (SSSR count). The van der Waals surface area contributed by atoms with Gasteiger partial charge in [0.2, 0.25) is 0 Å². The maximum absolute atomic E-state index is 3.86. The Morgan fingerprint density at radius 3 is 1.79 bits per heavy atom. The highest BCUT2D eigenvalue weighted by Gasteiger charge is 2.22. The Morgan fingerprint density at radius 1 is 0.947 bits per heavy atom. The highest BCUT2D eigenvalue weighted by Crippen LogP contribution is 2.31. The Kier molecular flexibility index (Phi) is 12.0. The van der Waals surface area contributed by atoms with Crippen LogP contribution >= 0.6 is 0 Å². The fourth-order valence-electron chi connectivity index (χ4n) is 1.68. The molecule has 0 heteroatoms. The third-order valence-electron chi connectivity index (χ3n) is 2.73. The van der Waals surface area contributed by atoms with Crippen molar-refractivity contribution in [2.24, 2.45) is 0 Å². The van der Waals surface area contributed by atoms with Crippen LogP contribution in [0.4, 0.5) is 0 Å². The maximum atomic E-state index is 3.86. The predicted octanol–water partition coefficient (Wildman–Crippen LogP) is 6.32. The number of hydrogen-bond acceptors (Lipinski definition) is 0. The van der Waals surface area contributed by atoms with Crippen molar-refractivity contribution in [1.29, 1.82) is 0 Å². The molecule has 0 saturated heterocycles. The normalized spacial score (nSPS) is 10.3. The van der Waals surface area contributed by atoms with Gasteiger partial charge in [0.05, 0.1) is 0 Å². The van der Waals surface area contributed by atoms with Gasteiger partial charge in [-0.15, -0.1) is 0 Å². The summed E-state index contributed by atoms with van der Waals surface area (Å²) in [6.45, 7) is 20.0. The van der Waals surface area contributed by atoms with Crippen LogP contribution in [0.1, 0.15) is 47.1 Å². The van der Waals surface area contributed by atoms with E-state index >= 15 is 0 Å². The quantitative estimate of drug-likeness (QED) is 0.555. The van der Waals surface area contributed by atoms with E-state index < -0.39 is 0 Å². The van der Waals surface area contributed by atoms with Gasteiger partial charge >= 0.3 is 0 Å². The molecular formula is C19H30. The van der Waals surface area contributed by atoms with Crippen LogP contribution < -0.4 is 0 Å². The molecular weight excluding hydrogens is 228 g/mol. The minimum absolute atomic E-state index is 0.0167. The first-order valence-corrected chi connectivity index (χ1v) is 7.14. The lowest BCUT2D eigenvalue weighted by molar-refractivity contribution is 0.640. The third-order valence-corrected chi connectivity index (χ3v) is 2.73. The summed E-state index contributed by atoms with van der Waals surface area (Å²) >= 11 is 0. The van der Waals surface area contributed by atoms with Gasteiger partial charge in [0.1, 0.15) is 0 Å². The average molecular weight is 258 g/mol. The number of allylic oxidation sites excluding steroid dienone is 4. The Bertz CT molecular complexity index is 366. The fraction of sp³-hybridized carbons (Fsp3) is 0.368. The van der Waals surface area contributed by atoms with Crippen molar-refractivity contribution in [1.82, 2.24) is 0 Å². The minimum atomic E-state index is -0.0167. The summed E-state index contributed by atoms with van der Waals surface area (Å²) in [5.41, 5.74) is 2.46. The van der Waals surface area contributed by atoms with E-state index in [9.17, 15) is 0 Å². The predicted molar refractivity (Wildman–Crippen MR) is 90.6 cm³/mol. The fourth-order valence-corrected chi connectivity index (χ4v) is 1.68. The van der Waals surface area contributed by atoms with Gasteiger partial charge in [0.25, 0.3) is 0 Å². The zero-order chi connectivity index (χ0) is 15.3. The molecule has 0 aliphatic rings. The zero-order valence-electron chi connectivity index (χ0n) is 13.5. The van der Waals surface area contributed by atoms with Crippen molar-refractivity contribution in [2.45, 2.75) is 47.0 Å². The van der Waals surface area contributed by atoms with Crippen molar-refractivity contribution in [3.63, 3.8) is 0 Å². The SMILES string of the molecule is C=C/C=C(\C=C)C(C)(C)c1ccccc1.CC.CC. The molecule has 1 aromatic carbocycles. The summed E-state index contributed by atoms with van der Waals surface area (Å²) in [7, 11) is 0. The molecule has 0 nitrogen and oxygen atoms in total. The number of rotatable bonds is 4. The second-order valence-corrected chi connectivity index (χ2v) is 4.05. The molecule has 0 unspecified atom stereocenters. The minimum Gasteiger partial charge on any atom is -0.0991 e. The van der Waals surface area contributed by atoms with Crippen molar-refractivity contribution >= 4 is 0 Å². The molecule has 0 amide bonds. The zero-order valence-corrected chi connectivity index (χ0v) is 13.5. The lowest BCUT2D eigenvalue weighted by Gasteiger charge is -2.26. The molecule has 0 aromatic heterocycles. The molecule has 0 heterocycles. The van der Waals surface area contributed by atoms with Crippen molar-refractivity contribution in [3.8, 4) is 0 Å². The van der Waals surface area contributed by atoms with Gasteiger partial charge in [-0.05, 0) is 11.1 Å². The molecule has 0 spiro atoms. The van der Waals surface area contributed by atoms with E-state index in [1.165, 1.54) is 11.1 Å². The summed E-state index contributed by atoms with van der Waals surface area (Å²) in [4.78, 5) is 0. The topological polar surface area (TPSA) is 0 Å². The van der Waals surface area contributed by atoms with Gasteiger partial charge in [-0.3, -0.25) is 0 Å². The van der Waals surface area contributed by atoms with E-state index in [1.54, 1.807) is 0 Å². The molecule has 106 valence electrons. The van der Waals surface area contributed by atoms with E-state index in [-0.39, 0.29) is 5.41 Å². The van der Waals surface area contributed by atoms with E-state index in [1.807, 2.05) is 52.0 Å². The van der Waals surface area contributed by atoms with Gasteiger partial charge < -0.3 is 0 Å². The summed E-state index contributed by atoms with van der Waals surface area (Å²) in [6.07, 6.45) is 5.72. The molecule has 0 aliphatic carbocycles. The van der Waals surface area contributed by atoms with E-state index in [2.05, 4.69) is 51.3 Å². The molecule has 0 N–H and O–H groups in total. The van der Waals surface area contributed by atoms with Crippen LogP contribution in [0.5, 0.6) is 0 Å². The number of hydrogen-bond donors (Lipinski definition) is 0. The van der Waals surface area contributed by atoms with Gasteiger partial charge in [0.15, 0.2) is 0 Å². The Labute approximate surface area is 120 Å². The van der Waals surface area contributed by atoms with Crippen molar-refractivity contribution < 1.29 is 0 Å². The lowest BCUT2D eigenvalue weighted by Crippen LogP contribution is -2.18. The Balaban J connectivity index is 0. The first-order chi connectivity index (χ1) is 9.12. The first-order valence-electron chi connectivity index (χ1n) is 7.14. The summed E-state index contributed by atoms with van der Waals surface area (Å²) in [6, 6.07) is 10.4. The molecule has 19 heavy (non-hydrogen) atoms.